The molecule has 3 aromatic rings. The summed E-state index contributed by atoms with van der Waals surface area (Å²) in [6.45, 7) is 1.36. The van der Waals surface area contributed by atoms with Crippen molar-refractivity contribution in [1.82, 2.24) is 4.98 Å². The summed E-state index contributed by atoms with van der Waals surface area (Å²) in [5.74, 6) is -1.02. The minimum atomic E-state index is -0.498. The first-order chi connectivity index (χ1) is 11.5. The largest absolute Gasteiger partial charge is 0.326 e. The first-order valence-electron chi connectivity index (χ1n) is 6.89. The lowest BCUT2D eigenvalue weighted by molar-refractivity contribution is -0.114. The van der Waals surface area contributed by atoms with Gasteiger partial charge in [-0.3, -0.25) is 14.9 Å². The van der Waals surface area contributed by atoms with Crippen LogP contribution < -0.4 is 10.6 Å². The molecule has 1 aromatic carbocycles. The summed E-state index contributed by atoms with van der Waals surface area (Å²) in [7, 11) is 0. The zero-order valence-electron chi connectivity index (χ0n) is 12.5. The highest BCUT2D eigenvalue weighted by Gasteiger charge is 2.13. The number of thiophene rings is 1. The van der Waals surface area contributed by atoms with Crippen molar-refractivity contribution < 1.29 is 14.0 Å². The van der Waals surface area contributed by atoms with Gasteiger partial charge in [-0.2, -0.15) is 11.3 Å². The summed E-state index contributed by atoms with van der Waals surface area (Å²) in [6.07, 6.45) is 0. The molecule has 5 nitrogen and oxygen atoms in total. The molecule has 0 unspecified atom stereocenters. The summed E-state index contributed by atoms with van der Waals surface area (Å²) in [5.41, 5.74) is 1.66. The van der Waals surface area contributed by atoms with Crippen LogP contribution >= 0.6 is 22.7 Å². The van der Waals surface area contributed by atoms with Gasteiger partial charge in [-0.25, -0.2) is 9.37 Å². The van der Waals surface area contributed by atoms with Crippen LogP contribution in [-0.2, 0) is 4.79 Å². The lowest BCUT2D eigenvalue weighted by Crippen LogP contribution is -2.10. The molecule has 0 fully saturated rings. The van der Waals surface area contributed by atoms with Crippen molar-refractivity contribution >= 4 is 45.3 Å². The van der Waals surface area contributed by atoms with Crippen LogP contribution in [0.3, 0.4) is 0 Å². The number of nitrogens with one attached hydrogen (secondary N) is 2. The molecule has 2 aromatic heterocycles. The van der Waals surface area contributed by atoms with Crippen LogP contribution in [0.1, 0.15) is 17.3 Å². The minimum absolute atomic E-state index is 0.251. The number of thiazole rings is 1. The lowest BCUT2D eigenvalue weighted by Gasteiger charge is -2.05. The Hall–Kier alpha value is -2.58. The fourth-order valence-corrected chi connectivity index (χ4v) is 3.36. The zero-order chi connectivity index (χ0) is 17.1. The van der Waals surface area contributed by atoms with E-state index in [0.717, 1.165) is 0 Å². The molecule has 3 rings (SSSR count). The molecule has 8 heteroatoms. The molecular formula is C16H12FN3O2S2. The first-order valence-corrected chi connectivity index (χ1v) is 8.72. The van der Waals surface area contributed by atoms with Gasteiger partial charge >= 0.3 is 0 Å². The second kappa shape index (κ2) is 6.90. The van der Waals surface area contributed by atoms with E-state index in [1.165, 1.54) is 35.7 Å². The number of nitrogens with zero attached hydrogens (tertiary/aromatic N) is 1. The number of hydrogen-bond acceptors (Lipinski definition) is 5. The van der Waals surface area contributed by atoms with Crippen molar-refractivity contribution in [3.05, 3.63) is 51.8 Å². The predicted octanol–water partition coefficient (Wildman–Crippen LogP) is 4.22. The van der Waals surface area contributed by atoms with Crippen molar-refractivity contribution in [2.75, 3.05) is 10.6 Å². The molecular weight excluding hydrogens is 349 g/mol. The van der Waals surface area contributed by atoms with Crippen LogP contribution in [0.25, 0.3) is 11.3 Å². The molecule has 0 spiro atoms. The Kier molecular flexibility index (Phi) is 4.68. The molecule has 0 saturated heterocycles. The van der Waals surface area contributed by atoms with E-state index in [0.29, 0.717) is 27.6 Å². The van der Waals surface area contributed by atoms with Crippen LogP contribution in [0.2, 0.25) is 0 Å². The van der Waals surface area contributed by atoms with Crippen molar-refractivity contribution in [1.29, 1.82) is 0 Å². The third-order valence-corrected chi connectivity index (χ3v) is 4.51. The molecule has 2 amide bonds. The molecule has 0 saturated carbocycles. The molecule has 0 bridgehead atoms. The Morgan fingerprint density at radius 2 is 2.00 bits per heavy atom. The van der Waals surface area contributed by atoms with Gasteiger partial charge in [0.25, 0.3) is 5.91 Å². The van der Waals surface area contributed by atoms with E-state index < -0.39 is 5.82 Å². The number of amides is 2. The van der Waals surface area contributed by atoms with Crippen molar-refractivity contribution in [3.63, 3.8) is 0 Å². The normalized spacial score (nSPS) is 10.4. The van der Waals surface area contributed by atoms with E-state index >= 15 is 0 Å². The third-order valence-electron chi connectivity index (χ3n) is 3.07. The van der Waals surface area contributed by atoms with Gasteiger partial charge in [0, 0.05) is 28.9 Å². The molecule has 122 valence electrons. The zero-order valence-corrected chi connectivity index (χ0v) is 14.1. The SMILES string of the molecule is CC(=O)Nc1ccc(-c2csc(NC(=O)c3ccsc3)n2)c(F)c1. The van der Waals surface area contributed by atoms with E-state index in [1.54, 1.807) is 29.0 Å². The average molecular weight is 361 g/mol. The van der Waals surface area contributed by atoms with Gasteiger partial charge in [-0.1, -0.05) is 0 Å². The highest BCUT2D eigenvalue weighted by atomic mass is 32.1. The maximum atomic E-state index is 14.2. The van der Waals surface area contributed by atoms with E-state index in [2.05, 4.69) is 15.6 Å². The van der Waals surface area contributed by atoms with Crippen LogP contribution in [0.5, 0.6) is 0 Å². The third kappa shape index (κ3) is 3.66. The summed E-state index contributed by atoms with van der Waals surface area (Å²) in [5, 5.41) is 10.8. The van der Waals surface area contributed by atoms with E-state index in [1.807, 2.05) is 5.38 Å². The van der Waals surface area contributed by atoms with Crippen LogP contribution in [0, 0.1) is 5.82 Å². The maximum Gasteiger partial charge on any atom is 0.258 e. The van der Waals surface area contributed by atoms with Crippen LogP contribution in [0.15, 0.2) is 40.4 Å². The smallest absolute Gasteiger partial charge is 0.258 e. The number of halogens is 1. The van der Waals surface area contributed by atoms with Crippen LogP contribution in [0.4, 0.5) is 15.2 Å². The summed E-state index contributed by atoms with van der Waals surface area (Å²) in [4.78, 5) is 27.2. The number of hydrogen-bond donors (Lipinski definition) is 2. The number of benzene rings is 1. The maximum absolute atomic E-state index is 14.2. The Labute approximate surface area is 145 Å². The van der Waals surface area contributed by atoms with E-state index in [9.17, 15) is 14.0 Å². The van der Waals surface area contributed by atoms with Gasteiger partial charge in [0.05, 0.1) is 11.3 Å². The Morgan fingerprint density at radius 1 is 1.17 bits per heavy atom. The van der Waals surface area contributed by atoms with Gasteiger partial charge in [0.2, 0.25) is 5.91 Å². The standard InChI is InChI=1S/C16H12FN3O2S2/c1-9(21)18-11-2-3-12(13(17)6-11)14-8-24-16(19-14)20-15(22)10-4-5-23-7-10/h2-8H,1H3,(H,18,21)(H,19,20,22). The molecule has 0 aliphatic heterocycles. The number of carbonyl (C=O) groups excluding carboxylic acids is 2. The second-order valence-corrected chi connectivity index (χ2v) is 6.52. The first kappa shape index (κ1) is 16.3. The Bertz CT molecular complexity index is 891. The minimum Gasteiger partial charge on any atom is -0.326 e. The van der Waals surface area contributed by atoms with E-state index in [4.69, 9.17) is 0 Å². The molecule has 0 atom stereocenters. The predicted molar refractivity (Wildman–Crippen MR) is 94.1 cm³/mol. The molecule has 24 heavy (non-hydrogen) atoms. The molecule has 2 N–H and O–H groups in total. The Balaban J connectivity index is 1.78. The van der Waals surface area contributed by atoms with Crippen LogP contribution in [-0.4, -0.2) is 16.8 Å². The van der Waals surface area contributed by atoms with Crippen molar-refractivity contribution in [2.24, 2.45) is 0 Å². The van der Waals surface area contributed by atoms with Gasteiger partial charge in [0.15, 0.2) is 5.13 Å². The second-order valence-electron chi connectivity index (χ2n) is 4.88. The molecule has 0 aliphatic carbocycles. The highest BCUT2D eigenvalue weighted by molar-refractivity contribution is 7.14. The lowest BCUT2D eigenvalue weighted by atomic mass is 10.1. The highest BCUT2D eigenvalue weighted by Crippen LogP contribution is 2.29. The van der Waals surface area contributed by atoms with Gasteiger partial charge in [-0.05, 0) is 29.6 Å². The number of carbonyl (C=O) groups is 2. The van der Waals surface area contributed by atoms with Gasteiger partial charge in [0.1, 0.15) is 5.82 Å². The fourth-order valence-electron chi connectivity index (χ4n) is 2.02. The number of aromatic nitrogens is 1. The average Bonchev–Trinajstić information content (AvgIpc) is 3.18. The monoisotopic (exact) mass is 361 g/mol. The summed E-state index contributed by atoms with van der Waals surface area (Å²) >= 11 is 2.65. The quantitative estimate of drug-likeness (QED) is 0.731. The Morgan fingerprint density at radius 3 is 2.67 bits per heavy atom. The van der Waals surface area contributed by atoms with Crippen molar-refractivity contribution in [2.45, 2.75) is 6.92 Å². The molecule has 0 radical (unpaired) electrons. The molecule has 2 heterocycles. The number of anilines is 2. The molecule has 0 aliphatic rings. The summed E-state index contributed by atoms with van der Waals surface area (Å²) < 4.78 is 14.2. The van der Waals surface area contributed by atoms with E-state index in [-0.39, 0.29) is 11.8 Å². The number of rotatable bonds is 4. The van der Waals surface area contributed by atoms with Gasteiger partial charge < -0.3 is 5.32 Å². The van der Waals surface area contributed by atoms with Crippen molar-refractivity contribution in [3.8, 4) is 11.3 Å². The summed E-state index contributed by atoms with van der Waals surface area (Å²) in [6, 6.07) is 6.09. The van der Waals surface area contributed by atoms with Gasteiger partial charge in [-0.15, -0.1) is 11.3 Å². The topological polar surface area (TPSA) is 71.1 Å². The fraction of sp³-hybridized carbons (Fsp3) is 0.0625.